The van der Waals surface area contributed by atoms with Crippen molar-refractivity contribution in [1.82, 2.24) is 0 Å². The molecule has 0 amide bonds. The van der Waals surface area contributed by atoms with Gasteiger partial charge in [-0.2, -0.15) is 0 Å². The van der Waals surface area contributed by atoms with Gasteiger partial charge in [-0.15, -0.1) is 0 Å². The number of rotatable bonds is 1. The second kappa shape index (κ2) is 3.33. The summed E-state index contributed by atoms with van der Waals surface area (Å²) < 4.78 is 5.19. The summed E-state index contributed by atoms with van der Waals surface area (Å²) in [5.41, 5.74) is 4.78. The van der Waals surface area contributed by atoms with Crippen LogP contribution in [0.15, 0.2) is 36.9 Å². The van der Waals surface area contributed by atoms with Gasteiger partial charge in [-0.05, 0) is 47.2 Å². The molecule has 2 rings (SSSR count). The number of aryl methyl sites for hydroxylation is 1. The lowest BCUT2D eigenvalue weighted by atomic mass is 9.85. The van der Waals surface area contributed by atoms with Crippen LogP contribution in [0.2, 0.25) is 0 Å². The van der Waals surface area contributed by atoms with Crippen molar-refractivity contribution in [3.63, 3.8) is 0 Å². The minimum atomic E-state index is 0.920. The maximum atomic E-state index is 5.19. The monoisotopic (exact) mass is 186 g/mol. The Labute approximate surface area is 84.7 Å². The summed E-state index contributed by atoms with van der Waals surface area (Å²) >= 11 is 0. The van der Waals surface area contributed by atoms with Crippen LogP contribution >= 0.6 is 0 Å². The van der Waals surface area contributed by atoms with E-state index in [0.29, 0.717) is 0 Å². The van der Waals surface area contributed by atoms with Crippen LogP contribution in [0.4, 0.5) is 0 Å². The van der Waals surface area contributed by atoms with E-state index < -0.39 is 0 Å². The standard InChI is InChI=1S/C13H14O/c1-9-4-5-11-8-12(14-3)6-7-13(11)10(9)2/h6-8H,1-2,4-5H2,3H3. The zero-order valence-corrected chi connectivity index (χ0v) is 8.47. The highest BCUT2D eigenvalue weighted by Crippen LogP contribution is 2.34. The van der Waals surface area contributed by atoms with E-state index in [9.17, 15) is 0 Å². The predicted molar refractivity (Wildman–Crippen MR) is 59.5 cm³/mol. The average molecular weight is 186 g/mol. The zero-order chi connectivity index (χ0) is 10.1. The second-order valence-corrected chi connectivity index (χ2v) is 3.61. The maximum Gasteiger partial charge on any atom is 0.119 e. The van der Waals surface area contributed by atoms with Crippen molar-refractivity contribution in [2.75, 3.05) is 7.11 Å². The molecule has 1 aromatic rings. The Balaban J connectivity index is 2.49. The molecule has 0 unspecified atom stereocenters. The van der Waals surface area contributed by atoms with Crippen LogP contribution in [0.25, 0.3) is 5.57 Å². The van der Waals surface area contributed by atoms with Crippen LogP contribution in [0.1, 0.15) is 17.5 Å². The molecule has 0 saturated heterocycles. The SMILES string of the molecule is C=C1CCc2cc(OC)ccc2C1=C. The van der Waals surface area contributed by atoms with Gasteiger partial charge in [0.05, 0.1) is 7.11 Å². The Morgan fingerprint density at radius 2 is 2.00 bits per heavy atom. The first-order valence-electron chi connectivity index (χ1n) is 4.76. The highest BCUT2D eigenvalue weighted by atomic mass is 16.5. The van der Waals surface area contributed by atoms with Gasteiger partial charge < -0.3 is 4.74 Å². The molecule has 0 aliphatic heterocycles. The molecule has 72 valence electrons. The van der Waals surface area contributed by atoms with E-state index in [-0.39, 0.29) is 0 Å². The average Bonchev–Trinajstić information content (AvgIpc) is 2.23. The van der Waals surface area contributed by atoms with Crippen molar-refractivity contribution in [3.05, 3.63) is 48.1 Å². The molecular formula is C13H14O. The Morgan fingerprint density at radius 1 is 1.21 bits per heavy atom. The maximum absolute atomic E-state index is 5.19. The Hall–Kier alpha value is -1.50. The molecule has 0 heterocycles. The number of hydrogen-bond acceptors (Lipinski definition) is 1. The van der Waals surface area contributed by atoms with E-state index in [1.165, 1.54) is 11.1 Å². The van der Waals surface area contributed by atoms with Gasteiger partial charge in [-0.25, -0.2) is 0 Å². The lowest BCUT2D eigenvalue weighted by Gasteiger charge is -2.20. The van der Waals surface area contributed by atoms with E-state index >= 15 is 0 Å². The van der Waals surface area contributed by atoms with Crippen molar-refractivity contribution < 1.29 is 4.74 Å². The summed E-state index contributed by atoms with van der Waals surface area (Å²) in [6.07, 6.45) is 2.06. The van der Waals surface area contributed by atoms with Gasteiger partial charge in [0.15, 0.2) is 0 Å². The van der Waals surface area contributed by atoms with Gasteiger partial charge in [-0.3, -0.25) is 0 Å². The van der Waals surface area contributed by atoms with Crippen LogP contribution in [0.3, 0.4) is 0 Å². The Morgan fingerprint density at radius 3 is 2.71 bits per heavy atom. The summed E-state index contributed by atoms with van der Waals surface area (Å²) in [7, 11) is 1.69. The Kier molecular flexibility index (Phi) is 2.16. The molecule has 0 saturated carbocycles. The van der Waals surface area contributed by atoms with Crippen molar-refractivity contribution in [2.24, 2.45) is 0 Å². The van der Waals surface area contributed by atoms with Crippen molar-refractivity contribution in [2.45, 2.75) is 12.8 Å². The van der Waals surface area contributed by atoms with Crippen LogP contribution in [-0.2, 0) is 6.42 Å². The molecule has 1 aliphatic rings. The smallest absolute Gasteiger partial charge is 0.119 e. The van der Waals surface area contributed by atoms with Gasteiger partial charge in [0, 0.05) is 0 Å². The summed E-state index contributed by atoms with van der Waals surface area (Å²) in [5, 5.41) is 0. The van der Waals surface area contributed by atoms with Crippen LogP contribution in [0.5, 0.6) is 5.75 Å². The molecule has 0 spiro atoms. The number of benzene rings is 1. The summed E-state index contributed by atoms with van der Waals surface area (Å²) in [4.78, 5) is 0. The van der Waals surface area contributed by atoms with E-state index in [2.05, 4.69) is 25.3 Å². The largest absolute Gasteiger partial charge is 0.497 e. The first-order valence-corrected chi connectivity index (χ1v) is 4.76. The molecule has 0 bridgehead atoms. The normalized spacial score (nSPS) is 15.2. The van der Waals surface area contributed by atoms with Crippen LogP contribution in [-0.4, -0.2) is 7.11 Å². The summed E-state index contributed by atoms with van der Waals surface area (Å²) in [6, 6.07) is 6.14. The molecule has 0 radical (unpaired) electrons. The molecule has 14 heavy (non-hydrogen) atoms. The fourth-order valence-corrected chi connectivity index (χ4v) is 1.83. The lowest BCUT2D eigenvalue weighted by molar-refractivity contribution is 0.414. The fourth-order valence-electron chi connectivity index (χ4n) is 1.83. The van der Waals surface area contributed by atoms with Gasteiger partial charge in [0.2, 0.25) is 0 Å². The fraction of sp³-hybridized carbons (Fsp3) is 0.231. The quantitative estimate of drug-likeness (QED) is 0.654. The van der Waals surface area contributed by atoms with Gasteiger partial charge in [-0.1, -0.05) is 19.2 Å². The molecule has 1 heteroatoms. The zero-order valence-electron chi connectivity index (χ0n) is 8.47. The van der Waals surface area contributed by atoms with E-state index in [4.69, 9.17) is 4.74 Å². The molecule has 1 aromatic carbocycles. The number of methoxy groups -OCH3 is 1. The molecular weight excluding hydrogens is 172 g/mol. The third kappa shape index (κ3) is 1.35. The minimum absolute atomic E-state index is 0.920. The molecule has 0 aromatic heterocycles. The van der Waals surface area contributed by atoms with Crippen molar-refractivity contribution in [3.8, 4) is 5.75 Å². The number of ether oxygens (including phenoxy) is 1. The third-order valence-corrected chi connectivity index (χ3v) is 2.76. The van der Waals surface area contributed by atoms with Crippen LogP contribution < -0.4 is 4.74 Å². The highest BCUT2D eigenvalue weighted by Gasteiger charge is 2.15. The highest BCUT2D eigenvalue weighted by molar-refractivity contribution is 5.80. The minimum Gasteiger partial charge on any atom is -0.497 e. The molecule has 0 atom stereocenters. The van der Waals surface area contributed by atoms with Gasteiger partial charge in [0.25, 0.3) is 0 Å². The topological polar surface area (TPSA) is 9.23 Å². The first-order chi connectivity index (χ1) is 6.72. The van der Waals surface area contributed by atoms with Crippen LogP contribution in [0, 0.1) is 0 Å². The summed E-state index contributed by atoms with van der Waals surface area (Å²) in [6.45, 7) is 8.06. The van der Waals surface area contributed by atoms with Crippen molar-refractivity contribution >= 4 is 5.57 Å². The van der Waals surface area contributed by atoms with E-state index in [1.54, 1.807) is 7.11 Å². The number of hydrogen-bond donors (Lipinski definition) is 0. The molecule has 1 aliphatic carbocycles. The molecule has 1 nitrogen and oxygen atoms in total. The van der Waals surface area contributed by atoms with Gasteiger partial charge in [0.1, 0.15) is 5.75 Å². The lowest BCUT2D eigenvalue weighted by Crippen LogP contribution is -2.03. The van der Waals surface area contributed by atoms with Crippen molar-refractivity contribution in [1.29, 1.82) is 0 Å². The Bertz CT molecular complexity index is 402. The number of allylic oxidation sites excluding steroid dienone is 2. The number of fused-ring (bicyclic) bond motifs is 1. The third-order valence-electron chi connectivity index (χ3n) is 2.76. The second-order valence-electron chi connectivity index (χ2n) is 3.61. The molecule has 0 N–H and O–H groups in total. The first kappa shape index (κ1) is 9.07. The van der Waals surface area contributed by atoms with Gasteiger partial charge >= 0.3 is 0 Å². The summed E-state index contributed by atoms with van der Waals surface area (Å²) in [5.74, 6) is 0.920. The van der Waals surface area contributed by atoms with E-state index in [0.717, 1.165) is 29.7 Å². The molecule has 0 fully saturated rings. The predicted octanol–water partition coefficient (Wildman–Crippen LogP) is 3.21. The van der Waals surface area contributed by atoms with E-state index in [1.807, 2.05) is 6.07 Å².